The third-order valence-corrected chi connectivity index (χ3v) is 5.62. The van der Waals surface area contributed by atoms with E-state index >= 15 is 0 Å². The number of nitrogens with one attached hydrogen (secondary N) is 3. The summed E-state index contributed by atoms with van der Waals surface area (Å²) in [4.78, 5) is 38.1. The molecule has 3 aromatic carbocycles. The number of benzene rings is 3. The van der Waals surface area contributed by atoms with Crippen LogP contribution < -0.4 is 16.1 Å². The lowest BCUT2D eigenvalue weighted by molar-refractivity contribution is -0.133. The number of amides is 3. The Morgan fingerprint density at radius 3 is 1.91 bits per heavy atom. The number of carbonyl (C=O) groups excluding carboxylic acids is 3. The van der Waals surface area contributed by atoms with Gasteiger partial charge in [-0.3, -0.25) is 19.8 Å². The van der Waals surface area contributed by atoms with Crippen molar-refractivity contribution >= 4 is 79.1 Å². The monoisotopic (exact) mass is 544 g/mol. The Labute approximate surface area is 206 Å². The molecule has 0 saturated heterocycles. The van der Waals surface area contributed by atoms with Crippen LogP contribution in [0.1, 0.15) is 10.5 Å². The van der Waals surface area contributed by atoms with E-state index < -0.39 is 17.7 Å². The van der Waals surface area contributed by atoms with Crippen LogP contribution in [0.15, 0.2) is 77.3 Å². The fourth-order valence-electron chi connectivity index (χ4n) is 3.08. The second kappa shape index (κ2) is 9.66. The molecular formula is C23H15BrCl2N4O3. The summed E-state index contributed by atoms with van der Waals surface area (Å²) in [6.07, 6.45) is 0. The second-order valence-corrected chi connectivity index (χ2v) is 8.72. The van der Waals surface area contributed by atoms with Gasteiger partial charge in [0.15, 0.2) is 0 Å². The van der Waals surface area contributed by atoms with Gasteiger partial charge in [-0.15, -0.1) is 0 Å². The van der Waals surface area contributed by atoms with Crippen molar-refractivity contribution in [1.29, 1.82) is 0 Å². The van der Waals surface area contributed by atoms with Gasteiger partial charge in [0, 0.05) is 31.3 Å². The Morgan fingerprint density at radius 1 is 0.727 bits per heavy atom. The van der Waals surface area contributed by atoms with Crippen LogP contribution in [0.25, 0.3) is 10.9 Å². The van der Waals surface area contributed by atoms with Crippen molar-refractivity contribution in [2.24, 2.45) is 0 Å². The van der Waals surface area contributed by atoms with Gasteiger partial charge in [-0.05, 0) is 72.8 Å². The van der Waals surface area contributed by atoms with Crippen LogP contribution in [-0.4, -0.2) is 22.4 Å². The van der Waals surface area contributed by atoms with Crippen molar-refractivity contribution in [1.82, 2.24) is 4.68 Å². The molecule has 0 unspecified atom stereocenters. The molecule has 3 amide bonds. The highest BCUT2D eigenvalue weighted by Gasteiger charge is 2.21. The number of hydrogen-bond donors (Lipinski definition) is 3. The normalized spacial score (nSPS) is 10.6. The first-order chi connectivity index (χ1) is 15.8. The second-order valence-electron chi connectivity index (χ2n) is 6.93. The lowest BCUT2D eigenvalue weighted by Crippen LogP contribution is -2.36. The van der Waals surface area contributed by atoms with Crippen LogP contribution in [0.5, 0.6) is 0 Å². The number of anilines is 2. The summed E-state index contributed by atoms with van der Waals surface area (Å²) >= 11 is 15.1. The average molecular weight is 546 g/mol. The highest BCUT2D eigenvalue weighted by molar-refractivity contribution is 9.10. The van der Waals surface area contributed by atoms with Gasteiger partial charge in [0.25, 0.3) is 5.91 Å². The van der Waals surface area contributed by atoms with Gasteiger partial charge in [0.05, 0.1) is 5.52 Å². The van der Waals surface area contributed by atoms with Gasteiger partial charge in [0.1, 0.15) is 5.69 Å². The van der Waals surface area contributed by atoms with Gasteiger partial charge >= 0.3 is 11.8 Å². The highest BCUT2D eigenvalue weighted by Crippen LogP contribution is 2.24. The first-order valence-electron chi connectivity index (χ1n) is 9.56. The number of nitrogens with zero attached hydrogens (tertiary/aromatic N) is 1. The number of carbonyl (C=O) groups is 3. The van der Waals surface area contributed by atoms with Crippen LogP contribution in [0, 0.1) is 0 Å². The maximum absolute atomic E-state index is 13.0. The van der Waals surface area contributed by atoms with Crippen molar-refractivity contribution in [3.05, 3.63) is 93.0 Å². The average Bonchev–Trinajstić information content (AvgIpc) is 3.14. The van der Waals surface area contributed by atoms with E-state index in [9.17, 15) is 14.4 Å². The number of hydrogen-bond acceptors (Lipinski definition) is 3. The molecule has 4 aromatic rings. The summed E-state index contributed by atoms with van der Waals surface area (Å²) in [5, 5.41) is 6.96. The smallest absolute Gasteiger partial charge is 0.321 e. The third-order valence-electron chi connectivity index (χ3n) is 4.62. The zero-order valence-electron chi connectivity index (χ0n) is 16.7. The van der Waals surface area contributed by atoms with E-state index in [0.29, 0.717) is 32.3 Å². The summed E-state index contributed by atoms with van der Waals surface area (Å²) in [6, 6.07) is 19.8. The fourth-order valence-corrected chi connectivity index (χ4v) is 3.71. The minimum Gasteiger partial charge on any atom is -0.321 e. The first kappa shape index (κ1) is 22.8. The molecule has 0 atom stereocenters. The number of aromatic nitrogens is 1. The molecule has 0 aliphatic carbocycles. The first-order valence-corrected chi connectivity index (χ1v) is 11.1. The van der Waals surface area contributed by atoms with E-state index in [-0.39, 0.29) is 5.69 Å². The van der Waals surface area contributed by atoms with Crippen molar-refractivity contribution < 1.29 is 14.4 Å². The number of halogens is 3. The van der Waals surface area contributed by atoms with Gasteiger partial charge in [-0.2, -0.15) is 0 Å². The molecule has 1 aromatic heterocycles. The summed E-state index contributed by atoms with van der Waals surface area (Å²) in [5.41, 5.74) is 4.09. The topological polar surface area (TPSA) is 92.2 Å². The largest absolute Gasteiger partial charge is 0.328 e. The van der Waals surface area contributed by atoms with Gasteiger partial charge < -0.3 is 10.6 Å². The Morgan fingerprint density at radius 2 is 1.30 bits per heavy atom. The van der Waals surface area contributed by atoms with E-state index in [1.165, 1.54) is 4.68 Å². The molecule has 0 fully saturated rings. The van der Waals surface area contributed by atoms with Gasteiger partial charge in [-0.25, -0.2) is 4.68 Å². The Bertz CT molecular complexity index is 1370. The van der Waals surface area contributed by atoms with Crippen molar-refractivity contribution in [3.8, 4) is 0 Å². The standard InChI is InChI=1S/C23H15BrCl2N4O3/c24-14-1-10-19-13(11-14)12-20(21(31)27-17-6-2-15(25)3-7-17)30(19)29-23(33)22(32)28-18-8-4-16(26)5-9-18/h1-12H,(H,27,31)(H,28,32)(H,29,33). The molecule has 0 bridgehead atoms. The maximum Gasteiger partial charge on any atom is 0.328 e. The molecule has 33 heavy (non-hydrogen) atoms. The minimum atomic E-state index is -0.953. The van der Waals surface area contributed by atoms with E-state index in [2.05, 4.69) is 32.0 Å². The number of rotatable bonds is 4. The molecule has 4 rings (SSSR count). The third kappa shape index (κ3) is 5.36. The summed E-state index contributed by atoms with van der Waals surface area (Å²) in [5.74, 6) is -2.34. The minimum absolute atomic E-state index is 0.130. The van der Waals surface area contributed by atoms with Crippen LogP contribution >= 0.6 is 39.1 Å². The highest BCUT2D eigenvalue weighted by atomic mass is 79.9. The predicted octanol–water partition coefficient (Wildman–Crippen LogP) is 5.67. The molecule has 1 heterocycles. The quantitative estimate of drug-likeness (QED) is 0.288. The lowest BCUT2D eigenvalue weighted by Gasteiger charge is -2.13. The molecule has 0 aliphatic heterocycles. The molecule has 0 radical (unpaired) electrons. The van der Waals surface area contributed by atoms with Crippen LogP contribution in [0.3, 0.4) is 0 Å². The van der Waals surface area contributed by atoms with Crippen LogP contribution in [0.4, 0.5) is 11.4 Å². The molecule has 0 aliphatic rings. The van der Waals surface area contributed by atoms with E-state index in [1.54, 1.807) is 72.8 Å². The molecule has 166 valence electrons. The predicted molar refractivity (Wildman–Crippen MR) is 133 cm³/mol. The SMILES string of the molecule is O=C(Nc1ccc(Cl)cc1)C(=O)Nn1c(C(=O)Nc2ccc(Cl)cc2)cc2cc(Br)ccc21. The van der Waals surface area contributed by atoms with Crippen molar-refractivity contribution in [2.75, 3.05) is 16.1 Å². The Kier molecular flexibility index (Phi) is 6.69. The Hall–Kier alpha value is -3.33. The zero-order chi connectivity index (χ0) is 23.5. The van der Waals surface area contributed by atoms with E-state index in [0.717, 1.165) is 4.47 Å². The molecule has 0 saturated carbocycles. The fraction of sp³-hybridized carbons (Fsp3) is 0. The molecule has 3 N–H and O–H groups in total. The summed E-state index contributed by atoms with van der Waals surface area (Å²) in [6.45, 7) is 0. The van der Waals surface area contributed by atoms with Crippen LogP contribution in [-0.2, 0) is 9.59 Å². The van der Waals surface area contributed by atoms with Crippen LogP contribution in [0.2, 0.25) is 10.0 Å². The van der Waals surface area contributed by atoms with Crippen molar-refractivity contribution in [3.63, 3.8) is 0 Å². The van der Waals surface area contributed by atoms with Gasteiger partial charge in [0.2, 0.25) is 0 Å². The van der Waals surface area contributed by atoms with Gasteiger partial charge in [-0.1, -0.05) is 39.1 Å². The van der Waals surface area contributed by atoms with E-state index in [4.69, 9.17) is 23.2 Å². The summed E-state index contributed by atoms with van der Waals surface area (Å²) in [7, 11) is 0. The lowest BCUT2D eigenvalue weighted by atomic mass is 10.2. The Balaban J connectivity index is 1.61. The maximum atomic E-state index is 13.0. The zero-order valence-corrected chi connectivity index (χ0v) is 19.8. The van der Waals surface area contributed by atoms with E-state index in [1.807, 2.05) is 0 Å². The molecule has 7 nitrogen and oxygen atoms in total. The number of fused-ring (bicyclic) bond motifs is 1. The molecule has 10 heteroatoms. The van der Waals surface area contributed by atoms with Crippen molar-refractivity contribution in [2.45, 2.75) is 0 Å². The molecular weight excluding hydrogens is 531 g/mol. The summed E-state index contributed by atoms with van der Waals surface area (Å²) < 4.78 is 2.07. The molecule has 0 spiro atoms.